The molecule has 1 aliphatic carbocycles. The smallest absolute Gasteiger partial charge is 0.372 e. The normalized spacial score (nSPS) is 13.8. The summed E-state index contributed by atoms with van der Waals surface area (Å²) in [5.74, 6) is 1.26. The minimum atomic E-state index is -0.348. The first kappa shape index (κ1) is 15.4. The summed E-state index contributed by atoms with van der Waals surface area (Å²) in [6, 6.07) is 13.5. The number of hydrogen-bond donors (Lipinski definition) is 0. The maximum atomic E-state index is 11.7. The van der Waals surface area contributed by atoms with Crippen molar-refractivity contribution in [2.45, 2.75) is 25.4 Å². The van der Waals surface area contributed by atoms with Gasteiger partial charge in [-0.05, 0) is 41.5 Å². The molecule has 1 aliphatic rings. The number of imidazole rings is 1. The number of aromatic nitrogens is 2. The van der Waals surface area contributed by atoms with Gasteiger partial charge in [-0.25, -0.2) is 0 Å². The van der Waals surface area contributed by atoms with Gasteiger partial charge in [0.25, 0.3) is 0 Å². The molecule has 1 fully saturated rings. The summed E-state index contributed by atoms with van der Waals surface area (Å²) < 4.78 is 6.73. The third kappa shape index (κ3) is 2.88. The second-order valence-electron chi connectivity index (χ2n) is 6.15. The van der Waals surface area contributed by atoms with Crippen LogP contribution in [0, 0.1) is 10.1 Å². The molecule has 7 nitrogen and oxygen atoms in total. The summed E-state index contributed by atoms with van der Waals surface area (Å²) in [6.07, 6.45) is 3.74. The Labute approximate surface area is 144 Å². The molecule has 0 spiro atoms. The van der Waals surface area contributed by atoms with Gasteiger partial charge in [-0.3, -0.25) is 0 Å². The summed E-state index contributed by atoms with van der Waals surface area (Å²) in [6.45, 7) is 0.583. The van der Waals surface area contributed by atoms with E-state index in [4.69, 9.17) is 4.74 Å². The number of nitrogens with zero attached hydrogens (tertiary/aromatic N) is 4. The van der Waals surface area contributed by atoms with Crippen LogP contribution in [0.3, 0.4) is 0 Å². The molecule has 0 unspecified atom stereocenters. The van der Waals surface area contributed by atoms with E-state index in [1.807, 2.05) is 35.2 Å². The van der Waals surface area contributed by atoms with Gasteiger partial charge >= 0.3 is 5.82 Å². The van der Waals surface area contributed by atoms with Gasteiger partial charge in [-0.15, -0.1) is 0 Å². The van der Waals surface area contributed by atoms with Crippen molar-refractivity contribution >= 4 is 17.3 Å². The fourth-order valence-corrected chi connectivity index (χ4v) is 3.02. The summed E-state index contributed by atoms with van der Waals surface area (Å²) in [5.41, 5.74) is 1.66. The number of fused-ring (bicyclic) bond motifs is 1. The largest absolute Gasteiger partial charge is 0.497 e. The van der Waals surface area contributed by atoms with Crippen LogP contribution in [0.25, 0.3) is 5.65 Å². The Kier molecular flexibility index (Phi) is 3.76. The molecule has 25 heavy (non-hydrogen) atoms. The monoisotopic (exact) mass is 338 g/mol. The van der Waals surface area contributed by atoms with E-state index in [0.717, 1.165) is 24.2 Å². The van der Waals surface area contributed by atoms with Crippen molar-refractivity contribution < 1.29 is 9.66 Å². The first-order chi connectivity index (χ1) is 12.2. The quantitative estimate of drug-likeness (QED) is 0.509. The highest BCUT2D eigenvalue weighted by Gasteiger charge is 2.36. The first-order valence-electron chi connectivity index (χ1n) is 8.18. The lowest BCUT2D eigenvalue weighted by Crippen LogP contribution is -2.26. The molecule has 128 valence electrons. The topological polar surface area (TPSA) is 72.9 Å². The Hall–Kier alpha value is -3.09. The molecule has 0 amide bonds. The molecule has 0 atom stereocenters. The predicted octanol–water partition coefficient (Wildman–Crippen LogP) is 3.42. The second kappa shape index (κ2) is 6.08. The minimum absolute atomic E-state index is 0.0241. The van der Waals surface area contributed by atoms with E-state index in [2.05, 4.69) is 4.98 Å². The van der Waals surface area contributed by atoms with Crippen molar-refractivity contribution in [1.29, 1.82) is 0 Å². The van der Waals surface area contributed by atoms with Crippen molar-refractivity contribution in [2.24, 2.45) is 0 Å². The third-order valence-corrected chi connectivity index (χ3v) is 4.43. The van der Waals surface area contributed by atoms with Crippen molar-refractivity contribution in [3.63, 3.8) is 0 Å². The third-order valence-electron chi connectivity index (χ3n) is 4.43. The number of nitro groups is 1. The molecule has 0 saturated heterocycles. The maximum absolute atomic E-state index is 11.7. The van der Waals surface area contributed by atoms with Crippen LogP contribution in [0.15, 0.2) is 48.7 Å². The van der Waals surface area contributed by atoms with Gasteiger partial charge in [0.2, 0.25) is 11.5 Å². The van der Waals surface area contributed by atoms with Crippen molar-refractivity contribution in [3.8, 4) is 5.75 Å². The number of anilines is 1. The Bertz CT molecular complexity index is 916. The number of rotatable bonds is 6. The van der Waals surface area contributed by atoms with Crippen LogP contribution in [0.5, 0.6) is 5.75 Å². The molecule has 0 N–H and O–H groups in total. The van der Waals surface area contributed by atoms with Gasteiger partial charge in [0.1, 0.15) is 5.75 Å². The Morgan fingerprint density at radius 2 is 2.04 bits per heavy atom. The summed E-state index contributed by atoms with van der Waals surface area (Å²) in [5, 5.41) is 11.7. The average molecular weight is 338 g/mol. The highest BCUT2D eigenvalue weighted by molar-refractivity contribution is 5.64. The SMILES string of the molecule is COc1ccc(CN(c2nc3ccccn3c2[N+](=O)[O-])C2CC2)cc1. The van der Waals surface area contributed by atoms with Gasteiger partial charge < -0.3 is 19.8 Å². The lowest BCUT2D eigenvalue weighted by Gasteiger charge is -2.21. The van der Waals surface area contributed by atoms with Gasteiger partial charge in [0.05, 0.1) is 13.3 Å². The number of benzene rings is 1. The zero-order valence-corrected chi connectivity index (χ0v) is 13.8. The Morgan fingerprint density at radius 1 is 1.28 bits per heavy atom. The Morgan fingerprint density at radius 3 is 2.68 bits per heavy atom. The summed E-state index contributed by atoms with van der Waals surface area (Å²) >= 11 is 0. The number of methoxy groups -OCH3 is 1. The van der Waals surface area contributed by atoms with Gasteiger partial charge in [0, 0.05) is 18.7 Å². The molecule has 0 aliphatic heterocycles. The van der Waals surface area contributed by atoms with Crippen molar-refractivity contribution in [3.05, 3.63) is 64.3 Å². The summed E-state index contributed by atoms with van der Waals surface area (Å²) in [4.78, 5) is 17.9. The Balaban J connectivity index is 1.74. The molecular weight excluding hydrogens is 320 g/mol. The highest BCUT2D eigenvalue weighted by atomic mass is 16.6. The van der Waals surface area contributed by atoms with E-state index in [-0.39, 0.29) is 10.7 Å². The molecule has 1 aromatic carbocycles. The van der Waals surface area contributed by atoms with Gasteiger partial charge in [0.15, 0.2) is 0 Å². The van der Waals surface area contributed by atoms with Crippen LogP contribution >= 0.6 is 0 Å². The average Bonchev–Trinajstić information content (AvgIpc) is 3.39. The van der Waals surface area contributed by atoms with Crippen LogP contribution in [-0.2, 0) is 6.54 Å². The van der Waals surface area contributed by atoms with E-state index in [1.54, 1.807) is 29.8 Å². The molecule has 4 rings (SSSR count). The van der Waals surface area contributed by atoms with Crippen molar-refractivity contribution in [2.75, 3.05) is 12.0 Å². The molecule has 1 saturated carbocycles. The van der Waals surface area contributed by atoms with E-state index in [1.165, 1.54) is 0 Å². The second-order valence-corrected chi connectivity index (χ2v) is 6.15. The van der Waals surface area contributed by atoms with E-state index in [9.17, 15) is 10.1 Å². The number of ether oxygens (including phenoxy) is 1. The first-order valence-corrected chi connectivity index (χ1v) is 8.18. The van der Waals surface area contributed by atoms with Crippen LogP contribution in [0.2, 0.25) is 0 Å². The zero-order chi connectivity index (χ0) is 17.4. The summed E-state index contributed by atoms with van der Waals surface area (Å²) in [7, 11) is 1.63. The van der Waals surface area contributed by atoms with Crippen LogP contribution < -0.4 is 9.64 Å². The molecule has 0 radical (unpaired) electrons. The van der Waals surface area contributed by atoms with Crippen LogP contribution in [0.4, 0.5) is 11.6 Å². The standard InChI is InChI=1S/C18H18N4O3/c1-25-15-9-5-13(6-10-15)12-21(14-7-8-14)17-18(22(23)24)20-11-3-2-4-16(20)19-17/h2-6,9-11,14H,7-8,12H2,1H3. The minimum Gasteiger partial charge on any atom is -0.497 e. The molecular formula is C18H18N4O3. The lowest BCUT2D eigenvalue weighted by atomic mass is 10.2. The maximum Gasteiger partial charge on any atom is 0.372 e. The lowest BCUT2D eigenvalue weighted by molar-refractivity contribution is -0.389. The molecule has 3 aromatic rings. The zero-order valence-electron chi connectivity index (χ0n) is 13.8. The van der Waals surface area contributed by atoms with Gasteiger partial charge in [-0.1, -0.05) is 18.2 Å². The van der Waals surface area contributed by atoms with E-state index >= 15 is 0 Å². The predicted molar refractivity (Wildman–Crippen MR) is 94.0 cm³/mol. The fraction of sp³-hybridized carbons (Fsp3) is 0.278. The van der Waals surface area contributed by atoms with E-state index in [0.29, 0.717) is 24.1 Å². The molecule has 2 aromatic heterocycles. The van der Waals surface area contributed by atoms with E-state index < -0.39 is 0 Å². The fourth-order valence-electron chi connectivity index (χ4n) is 3.02. The van der Waals surface area contributed by atoms with Gasteiger partial charge in [-0.2, -0.15) is 9.38 Å². The van der Waals surface area contributed by atoms with Crippen LogP contribution in [-0.4, -0.2) is 27.5 Å². The number of pyridine rings is 1. The highest BCUT2D eigenvalue weighted by Crippen LogP contribution is 2.38. The molecule has 2 heterocycles. The van der Waals surface area contributed by atoms with Crippen molar-refractivity contribution in [1.82, 2.24) is 9.38 Å². The number of hydrogen-bond acceptors (Lipinski definition) is 5. The van der Waals surface area contributed by atoms with Crippen LogP contribution in [0.1, 0.15) is 18.4 Å². The molecule has 0 bridgehead atoms. The molecule has 7 heteroatoms.